The monoisotopic (exact) mass is 976 g/mol. The largest absolute Gasteiger partial charge is 2.00 e. The number of aliphatic hydroxyl groups excluding tert-OH is 2. The van der Waals surface area contributed by atoms with Crippen LogP contribution in [0.4, 0.5) is 11.4 Å². The molecule has 0 saturated heterocycles. The molecule has 0 aliphatic heterocycles. The van der Waals surface area contributed by atoms with E-state index in [1.165, 1.54) is 77.0 Å². The van der Waals surface area contributed by atoms with E-state index in [0.29, 0.717) is 35.8 Å². The Bertz CT molecular complexity index is 2340. The third-order valence-corrected chi connectivity index (χ3v) is 10.6. The summed E-state index contributed by atoms with van der Waals surface area (Å²) in [6, 6.07) is 21.3. The van der Waals surface area contributed by atoms with Crippen molar-refractivity contribution in [3.05, 3.63) is 107 Å². The molecule has 352 valence electrons. The van der Waals surface area contributed by atoms with Gasteiger partial charge in [-0.2, -0.15) is 16.8 Å². The summed E-state index contributed by atoms with van der Waals surface area (Å²) in [7, 11) is -3.85. The van der Waals surface area contributed by atoms with Gasteiger partial charge < -0.3 is 63.9 Å². The van der Waals surface area contributed by atoms with Crippen LogP contribution in [-0.2, 0) is 42.7 Å². The van der Waals surface area contributed by atoms with Crippen LogP contribution in [0.15, 0.2) is 84.9 Å². The maximum atomic E-state index is 12.4. The zero-order valence-corrected chi connectivity index (χ0v) is 39.6. The van der Waals surface area contributed by atoms with Crippen LogP contribution in [0, 0.1) is 0 Å². The molecule has 4 rings (SSSR count). The predicted octanol–water partition coefficient (Wildman–Crippen LogP) is 0.108. The Morgan fingerprint density at radius 3 is 1.22 bits per heavy atom. The van der Waals surface area contributed by atoms with Crippen LogP contribution in [0.5, 0.6) is 23.0 Å². The molecule has 10 N–H and O–H groups in total. The van der Waals surface area contributed by atoms with Gasteiger partial charge in [-0.3, -0.25) is 28.3 Å². The van der Waals surface area contributed by atoms with Gasteiger partial charge in [0.2, 0.25) is 23.6 Å². The fourth-order valence-corrected chi connectivity index (χ4v) is 6.81. The number of nitrogens with two attached hydrogens (primary N) is 2. The number of hydrogen-bond donors (Lipinski definition) is 8. The minimum atomic E-state index is -4.95. The second kappa shape index (κ2) is 25.9. The quantitative estimate of drug-likeness (QED) is 0.0294. The van der Waals surface area contributed by atoms with Gasteiger partial charge >= 0.3 is 58.0 Å². The first-order valence-corrected chi connectivity index (χ1v) is 21.7. The van der Waals surface area contributed by atoms with Gasteiger partial charge in [-0.15, -0.1) is 0 Å². The molecule has 2 atom stereocenters. The number of primary amides is 2. The van der Waals surface area contributed by atoms with Crippen LogP contribution in [-0.4, -0.2) is 163 Å². The molecule has 4 aromatic carbocycles. The minimum Gasteiger partial charge on any atom is -1.00 e. The van der Waals surface area contributed by atoms with Crippen molar-refractivity contribution in [2.75, 3.05) is 64.4 Å². The number of amides is 4. The molecular weight excluding hydrogens is 925 g/mol. The van der Waals surface area contributed by atoms with E-state index in [2.05, 4.69) is 10.6 Å². The summed E-state index contributed by atoms with van der Waals surface area (Å²) in [5.74, 6) is -0.627. The second-order valence-corrected chi connectivity index (χ2v) is 16.2. The van der Waals surface area contributed by atoms with Crippen LogP contribution in [0.1, 0.15) is 34.7 Å². The smallest absolute Gasteiger partial charge is 1.00 e. The molecule has 2 unspecified atom stereocenters. The standard InChI is InChI=1S/2C20H25N3O8S.Ca.2H/c2*1-30-16-7-6-13(10-17(16)31-2)8-9-22-18(24)12-23(20(26)32(27,28)29)15-5-3-4-14(11-15)19(21)25;;;/h2*3-7,10-11,20,26H,8-9,12H2,1-2H3,(H2,21,25)(H,22,24)(H,27,28,29);;;/q;;+2;2*-1. The van der Waals surface area contributed by atoms with E-state index in [9.17, 15) is 55.3 Å². The number of benzene rings is 4. The number of aliphatic hydroxyl groups is 2. The Hall–Kier alpha value is -5.44. The number of methoxy groups -OCH3 is 4. The number of nitrogens with zero attached hydrogens (tertiary/aromatic N) is 2. The number of ether oxygens (including phenoxy) is 4. The van der Waals surface area contributed by atoms with Crippen LogP contribution < -0.4 is 50.8 Å². The van der Waals surface area contributed by atoms with Gasteiger partial charge in [-0.25, -0.2) is 0 Å². The Balaban J connectivity index is 0.00000124. The van der Waals surface area contributed by atoms with E-state index >= 15 is 0 Å². The molecule has 0 aliphatic rings. The molecule has 4 amide bonds. The van der Waals surface area contributed by atoms with Crippen LogP contribution >= 0.6 is 0 Å². The van der Waals surface area contributed by atoms with Gasteiger partial charge in [0, 0.05) is 35.6 Å². The van der Waals surface area contributed by atoms with Gasteiger partial charge in [-0.05, 0) is 84.6 Å². The third kappa shape index (κ3) is 17.1. The van der Waals surface area contributed by atoms with Gasteiger partial charge in [0.1, 0.15) is 13.1 Å². The molecule has 65 heavy (non-hydrogen) atoms. The molecule has 0 spiro atoms. The molecule has 0 radical (unpaired) electrons. The van der Waals surface area contributed by atoms with E-state index in [1.807, 2.05) is 0 Å². The van der Waals surface area contributed by atoms with E-state index in [4.69, 9.17) is 30.4 Å². The Labute approximate surface area is 408 Å². The van der Waals surface area contributed by atoms with Crippen LogP contribution in [0.25, 0.3) is 0 Å². The molecule has 22 nitrogen and oxygen atoms in total. The third-order valence-electron chi connectivity index (χ3n) is 8.99. The van der Waals surface area contributed by atoms with Gasteiger partial charge in [-0.1, -0.05) is 24.3 Å². The zero-order valence-electron chi connectivity index (χ0n) is 37.7. The number of carbonyl (C=O) groups excluding carboxylic acids is 4. The van der Waals surface area contributed by atoms with Crippen molar-refractivity contribution in [2.24, 2.45) is 11.5 Å². The maximum absolute atomic E-state index is 12.4. The molecular formula is C40H52CaN6O16S2. The van der Waals surface area contributed by atoms with Crippen molar-refractivity contribution in [1.29, 1.82) is 0 Å². The van der Waals surface area contributed by atoms with Crippen molar-refractivity contribution < 1.29 is 77.1 Å². The molecule has 0 fully saturated rings. The Morgan fingerprint density at radius 1 is 0.585 bits per heavy atom. The Morgan fingerprint density at radius 2 is 0.923 bits per heavy atom. The minimum absolute atomic E-state index is 0. The molecule has 0 saturated carbocycles. The van der Waals surface area contributed by atoms with E-state index < -0.39 is 68.1 Å². The van der Waals surface area contributed by atoms with E-state index in [-0.39, 0.29) is 76.2 Å². The summed E-state index contributed by atoms with van der Waals surface area (Å²) in [5.41, 5.74) is 7.36. The van der Waals surface area contributed by atoms with Crippen molar-refractivity contribution in [3.63, 3.8) is 0 Å². The van der Waals surface area contributed by atoms with Crippen molar-refractivity contribution in [2.45, 2.75) is 24.0 Å². The summed E-state index contributed by atoms with van der Waals surface area (Å²) in [4.78, 5) is 49.1. The predicted molar refractivity (Wildman–Crippen MR) is 240 cm³/mol. The van der Waals surface area contributed by atoms with E-state index in [1.54, 1.807) is 36.4 Å². The molecule has 0 aliphatic carbocycles. The fraction of sp³-hybridized carbons (Fsp3) is 0.300. The average Bonchev–Trinajstić information content (AvgIpc) is 3.26. The molecule has 0 aromatic heterocycles. The first-order valence-electron chi connectivity index (χ1n) is 18.7. The SMILES string of the molecule is COc1ccc(CCNC(=O)CN(c2cccc(C(N)=O)c2)C(O)S(=O)(=O)O)cc1OC.COc1ccc(CCNC(=O)CN(c2cccc(C(N)=O)c2)C(O)S(=O)(=O)O)cc1OC.[Ca+2].[H-].[H-]. The van der Waals surface area contributed by atoms with Gasteiger partial charge in [0.25, 0.3) is 11.1 Å². The Kier molecular flexibility index (Phi) is 22.2. The molecule has 4 aromatic rings. The van der Waals surface area contributed by atoms with Crippen LogP contribution in [0.2, 0.25) is 0 Å². The van der Waals surface area contributed by atoms with Crippen molar-refractivity contribution in [1.82, 2.24) is 10.6 Å². The van der Waals surface area contributed by atoms with Gasteiger partial charge in [0.05, 0.1) is 28.4 Å². The topological polar surface area (TPSA) is 337 Å². The first-order chi connectivity index (χ1) is 30.1. The first kappa shape index (κ1) is 55.7. The average molecular weight is 977 g/mol. The number of nitrogens with one attached hydrogen (secondary N) is 2. The number of carbonyl (C=O) groups is 4. The fourth-order valence-electron chi connectivity index (χ4n) is 5.78. The molecule has 0 bridgehead atoms. The summed E-state index contributed by atoms with van der Waals surface area (Å²) in [6.45, 7) is -0.832. The summed E-state index contributed by atoms with van der Waals surface area (Å²) in [5, 5.41) is 25.3. The summed E-state index contributed by atoms with van der Waals surface area (Å²) in [6.07, 6.45) is 0.869. The molecule has 0 heterocycles. The van der Waals surface area contributed by atoms with Crippen LogP contribution in [0.3, 0.4) is 0 Å². The summed E-state index contributed by atoms with van der Waals surface area (Å²) >= 11 is 0. The zero-order chi connectivity index (χ0) is 47.8. The number of rotatable bonds is 22. The maximum Gasteiger partial charge on any atom is 2.00 e. The number of hydrogen-bond acceptors (Lipinski definition) is 16. The number of anilines is 2. The van der Waals surface area contributed by atoms with Crippen molar-refractivity contribution >= 4 is 93.0 Å². The normalized spacial score (nSPS) is 11.8. The second-order valence-electron chi connectivity index (χ2n) is 13.3. The molecule has 25 heteroatoms. The van der Waals surface area contributed by atoms with Crippen molar-refractivity contribution in [3.8, 4) is 23.0 Å². The van der Waals surface area contributed by atoms with E-state index in [0.717, 1.165) is 20.9 Å². The summed E-state index contributed by atoms with van der Waals surface area (Å²) < 4.78 is 85.2. The van der Waals surface area contributed by atoms with Gasteiger partial charge in [0.15, 0.2) is 23.0 Å².